The van der Waals surface area contributed by atoms with Crippen molar-refractivity contribution >= 4 is 35.8 Å². The van der Waals surface area contributed by atoms with E-state index in [1.807, 2.05) is 0 Å². The van der Waals surface area contributed by atoms with Crippen LogP contribution in [0.1, 0.15) is 177 Å². The smallest absolute Gasteiger partial charge is 0.303 e. The van der Waals surface area contributed by atoms with E-state index >= 15 is 0 Å². The third kappa shape index (κ3) is 27.5. The van der Waals surface area contributed by atoms with E-state index in [2.05, 4.69) is 31.3 Å². The van der Waals surface area contributed by atoms with Gasteiger partial charge in [0, 0.05) is 47.6 Å². The van der Waals surface area contributed by atoms with Crippen LogP contribution in [0.15, 0.2) is 12.2 Å². The van der Waals surface area contributed by atoms with Crippen LogP contribution in [-0.2, 0) is 66.7 Å². The number of nitrogens with one attached hydrogen (secondary N) is 1. The van der Waals surface area contributed by atoms with Gasteiger partial charge in [-0.05, 0) is 38.5 Å². The van der Waals surface area contributed by atoms with E-state index < -0.39 is 65.9 Å². The third-order valence-corrected chi connectivity index (χ3v) is 10.5. The van der Waals surface area contributed by atoms with Crippen LogP contribution in [0.3, 0.4) is 0 Å². The molecule has 0 saturated carbocycles. The lowest BCUT2D eigenvalue weighted by Gasteiger charge is -2.45. The fourth-order valence-corrected chi connectivity index (χ4v) is 7.10. The van der Waals surface area contributed by atoms with E-state index in [-0.39, 0.29) is 52.0 Å². The standard InChI is InChI=1S/C47H81NO14/c1-8-10-12-14-16-17-18-19-20-21-22-23-24-25-27-29-42(54)48-43-45(61-40(7)53)44(60-39(6)52)41(62-46(43)56-30-28-26-15-13-11-9-2)31-55-32-47(33-57-36(3)49,34-58-37(4)50)35-59-38(5)51/h19-20,41,43-46H,8-18,21-35H2,1-7H3,(H,48,54)/b20-19-/t41-,43-,44-,45-,46+/m1/s1. The van der Waals surface area contributed by atoms with Crippen molar-refractivity contribution in [1.82, 2.24) is 5.32 Å². The Morgan fingerprint density at radius 1 is 0.548 bits per heavy atom. The number of amides is 1. The lowest BCUT2D eigenvalue weighted by molar-refractivity contribution is -0.280. The summed E-state index contributed by atoms with van der Waals surface area (Å²) in [6.45, 7) is 9.17. The predicted molar refractivity (Wildman–Crippen MR) is 234 cm³/mol. The molecule has 1 aliphatic heterocycles. The Kier molecular flexibility index (Phi) is 31.8. The summed E-state index contributed by atoms with van der Waals surface area (Å²) in [5.41, 5.74) is -1.32. The maximum Gasteiger partial charge on any atom is 0.303 e. The highest BCUT2D eigenvalue weighted by molar-refractivity contribution is 5.76. The van der Waals surface area contributed by atoms with E-state index in [1.165, 1.54) is 73.1 Å². The highest BCUT2D eigenvalue weighted by atomic mass is 16.7. The SMILES string of the molecule is CCCCCCCC/C=C\CCCCCCCC(=O)N[C@H]1[C@@H](OCCCCCCCC)O[C@H](COCC(COC(C)=O)(COC(C)=O)COC(C)=O)[C@@H](OC(C)=O)[C@@H]1OC(C)=O. The van der Waals surface area contributed by atoms with Crippen molar-refractivity contribution in [2.24, 2.45) is 5.41 Å². The number of ether oxygens (including phenoxy) is 8. The number of unbranched alkanes of at least 4 members (excludes halogenated alkanes) is 16. The fourth-order valence-electron chi connectivity index (χ4n) is 7.10. The number of carbonyl (C=O) groups excluding carboxylic acids is 6. The van der Waals surface area contributed by atoms with Gasteiger partial charge in [0.05, 0.1) is 18.6 Å². The highest BCUT2D eigenvalue weighted by Gasteiger charge is 2.51. The van der Waals surface area contributed by atoms with E-state index in [0.717, 1.165) is 77.0 Å². The van der Waals surface area contributed by atoms with Gasteiger partial charge in [0.1, 0.15) is 32.0 Å². The van der Waals surface area contributed by atoms with Crippen molar-refractivity contribution in [3.63, 3.8) is 0 Å². The van der Waals surface area contributed by atoms with Crippen LogP contribution in [0.25, 0.3) is 0 Å². The second kappa shape index (κ2) is 34.9. The summed E-state index contributed by atoms with van der Waals surface area (Å²) in [6, 6.07) is -1.04. The van der Waals surface area contributed by atoms with Crippen LogP contribution in [0.5, 0.6) is 0 Å². The summed E-state index contributed by atoms with van der Waals surface area (Å²) in [4.78, 5) is 74.1. The number of allylic oxidation sites excluding steroid dienone is 2. The maximum absolute atomic E-state index is 13.5. The molecule has 0 bridgehead atoms. The quantitative estimate of drug-likeness (QED) is 0.0275. The second-order valence-corrected chi connectivity index (χ2v) is 16.6. The van der Waals surface area contributed by atoms with Crippen LogP contribution in [0, 0.1) is 5.41 Å². The van der Waals surface area contributed by atoms with Gasteiger partial charge in [0.25, 0.3) is 0 Å². The Morgan fingerprint density at radius 2 is 1.00 bits per heavy atom. The average Bonchev–Trinajstić information content (AvgIpc) is 3.21. The van der Waals surface area contributed by atoms with Crippen LogP contribution in [0.2, 0.25) is 0 Å². The molecule has 358 valence electrons. The molecular formula is C47H81NO14. The van der Waals surface area contributed by atoms with Gasteiger partial charge in [-0.3, -0.25) is 28.8 Å². The first kappa shape index (κ1) is 56.5. The van der Waals surface area contributed by atoms with Gasteiger partial charge in [0.2, 0.25) is 5.91 Å². The molecule has 0 unspecified atom stereocenters. The summed E-state index contributed by atoms with van der Waals surface area (Å²) in [5, 5.41) is 2.98. The van der Waals surface area contributed by atoms with Crippen LogP contribution in [0.4, 0.5) is 0 Å². The molecule has 15 heteroatoms. The molecule has 62 heavy (non-hydrogen) atoms. The van der Waals surface area contributed by atoms with E-state index in [1.54, 1.807) is 0 Å². The Hall–Kier alpha value is -3.56. The first-order valence-electron chi connectivity index (χ1n) is 23.3. The Bertz CT molecular complexity index is 1260. The minimum absolute atomic E-state index is 0.228. The first-order chi connectivity index (χ1) is 29.7. The van der Waals surface area contributed by atoms with Gasteiger partial charge in [-0.25, -0.2) is 0 Å². The summed E-state index contributed by atoms with van der Waals surface area (Å²) in [6.07, 6.45) is 20.9. The van der Waals surface area contributed by atoms with Crippen LogP contribution in [-0.4, -0.2) is 106 Å². The molecule has 0 aliphatic carbocycles. The molecule has 1 aliphatic rings. The normalized spacial score (nSPS) is 18.9. The molecule has 1 heterocycles. The Balaban J connectivity index is 3.12. The summed E-state index contributed by atoms with van der Waals surface area (Å²) < 4.78 is 46.1. The molecule has 0 aromatic rings. The molecule has 0 aromatic heterocycles. The van der Waals surface area contributed by atoms with Crippen molar-refractivity contribution in [1.29, 1.82) is 0 Å². The zero-order valence-corrected chi connectivity index (χ0v) is 39.1. The summed E-state index contributed by atoms with van der Waals surface area (Å²) in [5.74, 6) is -3.52. The van der Waals surface area contributed by atoms with Crippen molar-refractivity contribution < 1.29 is 66.7 Å². The highest BCUT2D eigenvalue weighted by Crippen LogP contribution is 2.30. The largest absolute Gasteiger partial charge is 0.465 e. The van der Waals surface area contributed by atoms with Crippen LogP contribution < -0.4 is 5.32 Å². The predicted octanol–water partition coefficient (Wildman–Crippen LogP) is 8.17. The Labute approximate surface area is 371 Å². The molecule has 1 amide bonds. The molecule has 0 spiro atoms. The maximum atomic E-state index is 13.5. The summed E-state index contributed by atoms with van der Waals surface area (Å²) in [7, 11) is 0. The molecule has 1 rings (SSSR count). The molecule has 1 fully saturated rings. The van der Waals surface area contributed by atoms with Gasteiger partial charge in [-0.15, -0.1) is 0 Å². The van der Waals surface area contributed by atoms with Gasteiger partial charge in [-0.1, -0.05) is 109 Å². The van der Waals surface area contributed by atoms with Crippen LogP contribution >= 0.6 is 0 Å². The van der Waals surface area contributed by atoms with Gasteiger partial charge < -0.3 is 43.2 Å². The minimum Gasteiger partial charge on any atom is -0.465 e. The fraction of sp³-hybridized carbons (Fsp3) is 0.830. The molecule has 0 radical (unpaired) electrons. The number of esters is 5. The zero-order valence-electron chi connectivity index (χ0n) is 39.1. The third-order valence-electron chi connectivity index (χ3n) is 10.5. The van der Waals surface area contributed by atoms with Crippen molar-refractivity contribution in [2.75, 3.05) is 39.6 Å². The van der Waals surface area contributed by atoms with Crippen molar-refractivity contribution in [3.05, 3.63) is 12.2 Å². The lowest BCUT2D eigenvalue weighted by atomic mass is 9.92. The van der Waals surface area contributed by atoms with Gasteiger partial charge >= 0.3 is 29.8 Å². The van der Waals surface area contributed by atoms with E-state index in [0.29, 0.717) is 6.42 Å². The number of rotatable bonds is 36. The topological polar surface area (TPSA) is 188 Å². The molecule has 5 atom stereocenters. The van der Waals surface area contributed by atoms with Gasteiger partial charge in [0.15, 0.2) is 18.5 Å². The molecular weight excluding hydrogens is 803 g/mol. The van der Waals surface area contributed by atoms with Gasteiger partial charge in [-0.2, -0.15) is 0 Å². The minimum atomic E-state index is -1.32. The monoisotopic (exact) mass is 884 g/mol. The van der Waals surface area contributed by atoms with E-state index in [9.17, 15) is 28.8 Å². The molecule has 1 N–H and O–H groups in total. The molecule has 0 aromatic carbocycles. The number of carbonyl (C=O) groups is 6. The molecule has 1 saturated heterocycles. The second-order valence-electron chi connectivity index (χ2n) is 16.6. The Morgan fingerprint density at radius 3 is 1.48 bits per heavy atom. The number of hydrogen-bond donors (Lipinski definition) is 1. The lowest BCUT2D eigenvalue weighted by Crippen LogP contribution is -2.66. The van der Waals surface area contributed by atoms with Crippen molar-refractivity contribution in [2.45, 2.75) is 208 Å². The zero-order chi connectivity index (χ0) is 46.0. The number of hydrogen-bond acceptors (Lipinski definition) is 14. The van der Waals surface area contributed by atoms with Crippen molar-refractivity contribution in [3.8, 4) is 0 Å². The summed E-state index contributed by atoms with van der Waals surface area (Å²) >= 11 is 0. The average molecular weight is 884 g/mol. The first-order valence-corrected chi connectivity index (χ1v) is 23.3. The van der Waals surface area contributed by atoms with E-state index in [4.69, 9.17) is 37.9 Å². The molecule has 15 nitrogen and oxygen atoms in total.